The van der Waals surface area contributed by atoms with Crippen LogP contribution in [0, 0.1) is 0 Å². The molecule has 26 heavy (non-hydrogen) atoms. The topological polar surface area (TPSA) is 18.5 Å². The lowest BCUT2D eigenvalue weighted by molar-refractivity contribution is -0.451. The number of methoxy groups -OCH3 is 2. The third-order valence-corrected chi connectivity index (χ3v) is 4.67. The van der Waals surface area contributed by atoms with Crippen molar-refractivity contribution in [1.29, 1.82) is 0 Å². The van der Waals surface area contributed by atoms with Gasteiger partial charge in [-0.3, -0.25) is 0 Å². The van der Waals surface area contributed by atoms with Gasteiger partial charge < -0.3 is 9.47 Å². The minimum atomic E-state index is -5.27. The number of halogens is 6. The fourth-order valence-corrected chi connectivity index (χ4v) is 3.24. The van der Waals surface area contributed by atoms with E-state index in [1.807, 2.05) is 0 Å². The zero-order valence-corrected chi connectivity index (χ0v) is 13.7. The quantitative estimate of drug-likeness (QED) is 0.698. The molecule has 0 N–H and O–H groups in total. The summed E-state index contributed by atoms with van der Waals surface area (Å²) in [5, 5.41) is 0. The first-order chi connectivity index (χ1) is 12.1. The van der Waals surface area contributed by atoms with Crippen LogP contribution in [-0.4, -0.2) is 26.1 Å². The SMILES string of the molecule is COc1cccc([C@]2(F)C(F)(F)C(F)(F)[C@@]2(F)c2cccc(OC)c2)c1. The number of hydrogen-bond acceptors (Lipinski definition) is 2. The summed E-state index contributed by atoms with van der Waals surface area (Å²) in [5.74, 6) is -10.7. The third-order valence-electron chi connectivity index (χ3n) is 4.67. The molecule has 0 saturated heterocycles. The summed E-state index contributed by atoms with van der Waals surface area (Å²) in [6.45, 7) is 0. The second-order valence-corrected chi connectivity index (χ2v) is 5.93. The van der Waals surface area contributed by atoms with Crippen LogP contribution in [-0.2, 0) is 11.3 Å². The largest absolute Gasteiger partial charge is 0.497 e. The highest BCUT2D eigenvalue weighted by molar-refractivity contribution is 5.50. The summed E-state index contributed by atoms with van der Waals surface area (Å²) in [4.78, 5) is 0. The fraction of sp³-hybridized carbons (Fsp3) is 0.333. The van der Waals surface area contributed by atoms with Gasteiger partial charge in [0, 0.05) is 11.1 Å². The molecule has 0 aliphatic heterocycles. The highest BCUT2D eigenvalue weighted by Crippen LogP contribution is 2.76. The average Bonchev–Trinajstić information content (AvgIpc) is 2.65. The molecule has 140 valence electrons. The third kappa shape index (κ3) is 1.90. The molecule has 2 nitrogen and oxygen atoms in total. The lowest BCUT2D eigenvalue weighted by Crippen LogP contribution is -2.82. The number of rotatable bonds is 4. The molecule has 3 rings (SSSR count). The highest BCUT2D eigenvalue weighted by atomic mass is 19.3. The molecule has 2 atom stereocenters. The van der Waals surface area contributed by atoms with Crippen molar-refractivity contribution >= 4 is 0 Å². The number of hydrogen-bond donors (Lipinski definition) is 0. The Kier molecular flexibility index (Phi) is 3.94. The molecule has 2 aromatic rings. The van der Waals surface area contributed by atoms with E-state index in [0.29, 0.717) is 0 Å². The van der Waals surface area contributed by atoms with E-state index in [1.54, 1.807) is 0 Å². The Morgan fingerprint density at radius 2 is 0.962 bits per heavy atom. The van der Waals surface area contributed by atoms with Crippen LogP contribution in [0.3, 0.4) is 0 Å². The van der Waals surface area contributed by atoms with Crippen molar-refractivity contribution in [3.63, 3.8) is 0 Å². The van der Waals surface area contributed by atoms with Crippen molar-refractivity contribution < 1.29 is 35.8 Å². The second kappa shape index (κ2) is 5.56. The molecule has 0 amide bonds. The molecule has 1 fully saturated rings. The van der Waals surface area contributed by atoms with Gasteiger partial charge in [0.2, 0.25) is 11.3 Å². The Morgan fingerprint density at radius 3 is 1.27 bits per heavy atom. The zero-order valence-electron chi connectivity index (χ0n) is 13.7. The zero-order chi connectivity index (χ0) is 19.4. The first-order valence-corrected chi connectivity index (χ1v) is 7.50. The summed E-state index contributed by atoms with van der Waals surface area (Å²) < 4.78 is 97.5. The van der Waals surface area contributed by atoms with E-state index in [0.717, 1.165) is 36.4 Å². The van der Waals surface area contributed by atoms with Crippen molar-refractivity contribution in [3.8, 4) is 11.5 Å². The van der Waals surface area contributed by atoms with Gasteiger partial charge in [-0.25, -0.2) is 8.78 Å². The van der Waals surface area contributed by atoms with E-state index in [4.69, 9.17) is 9.47 Å². The number of alkyl halides is 6. The molecule has 0 radical (unpaired) electrons. The molecule has 1 saturated carbocycles. The summed E-state index contributed by atoms with van der Waals surface area (Å²) in [5.41, 5.74) is -10.5. The van der Waals surface area contributed by atoms with Crippen molar-refractivity contribution in [3.05, 3.63) is 59.7 Å². The van der Waals surface area contributed by atoms with Crippen LogP contribution in [0.25, 0.3) is 0 Å². The minimum Gasteiger partial charge on any atom is -0.497 e. The molecule has 0 spiro atoms. The Labute approximate surface area is 145 Å². The van der Waals surface area contributed by atoms with Crippen LogP contribution in [0.5, 0.6) is 11.5 Å². The van der Waals surface area contributed by atoms with E-state index in [-0.39, 0.29) is 11.5 Å². The predicted octanol–water partition coefficient (Wildman–Crippen LogP) is 5.02. The number of benzene rings is 2. The molecule has 1 aliphatic carbocycles. The van der Waals surface area contributed by atoms with E-state index >= 15 is 8.78 Å². The van der Waals surface area contributed by atoms with Gasteiger partial charge in [0.15, 0.2) is 0 Å². The Balaban J connectivity index is 2.26. The summed E-state index contributed by atoms with van der Waals surface area (Å²) in [6.07, 6.45) is 0. The lowest BCUT2D eigenvalue weighted by atomic mass is 9.55. The normalized spacial score (nSPS) is 28.9. The molecule has 2 aromatic carbocycles. The van der Waals surface area contributed by atoms with Gasteiger partial charge in [0.05, 0.1) is 14.2 Å². The van der Waals surface area contributed by atoms with Crippen molar-refractivity contribution in [1.82, 2.24) is 0 Å². The van der Waals surface area contributed by atoms with Crippen molar-refractivity contribution in [2.75, 3.05) is 14.2 Å². The first-order valence-electron chi connectivity index (χ1n) is 7.50. The van der Waals surface area contributed by atoms with Crippen LogP contribution in [0.15, 0.2) is 48.5 Å². The maximum atomic E-state index is 15.5. The molecule has 1 aliphatic rings. The van der Waals surface area contributed by atoms with E-state index < -0.39 is 34.3 Å². The predicted molar refractivity (Wildman–Crippen MR) is 81.5 cm³/mol. The smallest absolute Gasteiger partial charge is 0.355 e. The Hall–Kier alpha value is -2.38. The molecular weight excluding hydrogens is 362 g/mol. The van der Waals surface area contributed by atoms with Crippen LogP contribution < -0.4 is 9.47 Å². The summed E-state index contributed by atoms with van der Waals surface area (Å²) >= 11 is 0. The van der Waals surface area contributed by atoms with Gasteiger partial charge in [0.1, 0.15) is 11.5 Å². The van der Waals surface area contributed by atoms with Crippen LogP contribution in [0.2, 0.25) is 0 Å². The second-order valence-electron chi connectivity index (χ2n) is 5.93. The van der Waals surface area contributed by atoms with Crippen LogP contribution in [0.1, 0.15) is 11.1 Å². The van der Waals surface area contributed by atoms with Crippen LogP contribution in [0.4, 0.5) is 26.3 Å². The van der Waals surface area contributed by atoms with Gasteiger partial charge in [-0.05, 0) is 24.3 Å². The maximum absolute atomic E-state index is 15.5. The molecular formula is C18H14F6O2. The van der Waals surface area contributed by atoms with Gasteiger partial charge in [-0.1, -0.05) is 24.3 Å². The highest BCUT2D eigenvalue weighted by Gasteiger charge is 2.98. The molecule has 0 unspecified atom stereocenters. The Morgan fingerprint density at radius 1 is 0.615 bits per heavy atom. The standard InChI is InChI=1S/C18H14F6O2/c1-25-13-7-3-5-11(9-13)15(19)16(20,18(23,24)17(15,21)22)12-6-4-8-14(10-12)26-2/h3-10H,1-2H3/t15-,16-/m1/s1. The summed E-state index contributed by atoms with van der Waals surface area (Å²) in [6, 6.07) is 8.03. The lowest BCUT2D eigenvalue weighted by Gasteiger charge is -2.58. The molecule has 0 aromatic heterocycles. The molecule has 0 heterocycles. The molecule has 8 heteroatoms. The van der Waals surface area contributed by atoms with E-state index in [1.165, 1.54) is 26.4 Å². The average molecular weight is 376 g/mol. The van der Waals surface area contributed by atoms with Gasteiger partial charge in [0.25, 0.3) is 0 Å². The maximum Gasteiger partial charge on any atom is 0.355 e. The first kappa shape index (κ1) is 18.4. The minimum absolute atomic E-state index is 0.0708. The van der Waals surface area contributed by atoms with E-state index in [9.17, 15) is 17.6 Å². The summed E-state index contributed by atoms with van der Waals surface area (Å²) in [7, 11) is 2.37. The fourth-order valence-electron chi connectivity index (χ4n) is 3.24. The number of ether oxygens (including phenoxy) is 2. The van der Waals surface area contributed by atoms with Gasteiger partial charge >= 0.3 is 11.8 Å². The van der Waals surface area contributed by atoms with E-state index in [2.05, 4.69) is 0 Å². The molecule has 0 bridgehead atoms. The van der Waals surface area contributed by atoms with Crippen molar-refractivity contribution in [2.45, 2.75) is 23.2 Å². The van der Waals surface area contributed by atoms with Gasteiger partial charge in [-0.15, -0.1) is 0 Å². The Bertz CT molecular complexity index is 770. The van der Waals surface area contributed by atoms with Crippen molar-refractivity contribution in [2.24, 2.45) is 0 Å². The van der Waals surface area contributed by atoms with Crippen LogP contribution >= 0.6 is 0 Å². The van der Waals surface area contributed by atoms with Gasteiger partial charge in [-0.2, -0.15) is 17.6 Å². The monoisotopic (exact) mass is 376 g/mol.